The van der Waals surface area contributed by atoms with Crippen molar-refractivity contribution in [3.05, 3.63) is 69.8 Å². The lowest BCUT2D eigenvalue weighted by molar-refractivity contribution is -0.143. The summed E-state index contributed by atoms with van der Waals surface area (Å²) in [7, 11) is 0. The number of hydrogen-bond donors (Lipinski definition) is 0. The van der Waals surface area contributed by atoms with Crippen molar-refractivity contribution >= 4 is 39.8 Å². The second-order valence-electron chi connectivity index (χ2n) is 11.2. The van der Waals surface area contributed by atoms with Gasteiger partial charge in [-0.2, -0.15) is 36.4 Å². The summed E-state index contributed by atoms with van der Waals surface area (Å²) in [5.41, 5.74) is -2.25. The Labute approximate surface area is 247 Å². The fourth-order valence-corrected chi connectivity index (χ4v) is 5.61. The van der Waals surface area contributed by atoms with Gasteiger partial charge >= 0.3 is 12.4 Å². The first-order valence-corrected chi connectivity index (χ1v) is 14.1. The molecule has 0 radical (unpaired) electrons. The molecule has 0 bridgehead atoms. The van der Waals surface area contributed by atoms with Crippen LogP contribution in [0.2, 0.25) is 0 Å². The molecular formula is C29H28F6N4O3S. The molecule has 0 aliphatic carbocycles. The molecular weight excluding hydrogens is 598 g/mol. The molecule has 1 atom stereocenters. The second kappa shape index (κ2) is 11.6. The number of halogens is 6. The average Bonchev–Trinajstić information content (AvgIpc) is 3.49. The molecule has 3 heterocycles. The first-order chi connectivity index (χ1) is 20.1. The number of benzene rings is 2. The molecule has 2 aliphatic rings. The fraction of sp³-hybridized carbons (Fsp3) is 0.414. The molecule has 0 unspecified atom stereocenters. The summed E-state index contributed by atoms with van der Waals surface area (Å²) < 4.78 is 92.9. The van der Waals surface area contributed by atoms with Crippen LogP contribution >= 0.6 is 11.8 Å². The van der Waals surface area contributed by atoms with Gasteiger partial charge in [-0.3, -0.25) is 9.48 Å². The molecule has 0 saturated carbocycles. The van der Waals surface area contributed by atoms with E-state index >= 15 is 0 Å². The van der Waals surface area contributed by atoms with E-state index in [1.807, 2.05) is 25.7 Å². The number of alkyl halides is 6. The standard InChI is InChI=1S/C29H28F6N4O3S/c1-27(2,3)42-16-21-15-38(8-9-41-21)26-37-25(40)24(43-26)11-17-4-7-23-19(10-17)13-36-39(23)14-18-5-6-20(28(30,31)32)12-22(18)29(33,34)35/h4-7,10-13,21H,8-9,14-16H2,1-3H3/t21-/m0/s1. The van der Waals surface area contributed by atoms with Crippen molar-refractivity contribution in [2.75, 3.05) is 26.3 Å². The van der Waals surface area contributed by atoms with Gasteiger partial charge in [-0.1, -0.05) is 12.1 Å². The van der Waals surface area contributed by atoms with Crippen molar-refractivity contribution < 1.29 is 40.6 Å². The van der Waals surface area contributed by atoms with E-state index in [0.29, 0.717) is 58.9 Å². The van der Waals surface area contributed by atoms with Crippen molar-refractivity contribution in [3.8, 4) is 0 Å². The number of carbonyl (C=O) groups excluding carboxylic acids is 1. The summed E-state index contributed by atoms with van der Waals surface area (Å²) in [5, 5.41) is 5.33. The van der Waals surface area contributed by atoms with E-state index < -0.39 is 23.5 Å². The molecule has 1 amide bonds. The molecule has 2 aliphatic heterocycles. The van der Waals surface area contributed by atoms with Gasteiger partial charge in [0.05, 0.1) is 59.2 Å². The molecule has 43 heavy (non-hydrogen) atoms. The van der Waals surface area contributed by atoms with Crippen LogP contribution in [0.25, 0.3) is 17.0 Å². The lowest BCUT2D eigenvalue weighted by Crippen LogP contribution is -2.46. The number of rotatable bonds is 5. The number of hydrogen-bond acceptors (Lipinski definition) is 6. The zero-order valence-electron chi connectivity index (χ0n) is 23.4. The van der Waals surface area contributed by atoms with E-state index in [2.05, 4.69) is 10.1 Å². The average molecular weight is 627 g/mol. The minimum Gasteiger partial charge on any atom is -0.373 e. The maximum Gasteiger partial charge on any atom is 0.416 e. The predicted octanol–water partition coefficient (Wildman–Crippen LogP) is 6.61. The summed E-state index contributed by atoms with van der Waals surface area (Å²) in [6, 6.07) is 6.63. The molecule has 0 N–H and O–H groups in total. The van der Waals surface area contributed by atoms with Crippen LogP contribution < -0.4 is 0 Å². The quantitative estimate of drug-likeness (QED) is 0.235. The second-order valence-corrected chi connectivity index (χ2v) is 12.2. The normalized spacial score (nSPS) is 19.5. The first-order valence-electron chi connectivity index (χ1n) is 13.3. The van der Waals surface area contributed by atoms with Crippen LogP contribution in [0.1, 0.15) is 43.0 Å². The molecule has 1 fully saturated rings. The summed E-state index contributed by atoms with van der Waals surface area (Å²) >= 11 is 1.25. The maximum absolute atomic E-state index is 13.6. The minimum atomic E-state index is -4.98. The SMILES string of the molecule is CC(C)(C)OC[C@@H]1CN(C2=NC(=O)C(=Cc3ccc4c(cnn4Cc4ccc(C(F)(F)F)cc4C(F)(F)F)c3)S2)CCO1. The Balaban J connectivity index is 1.30. The number of thioether (sulfide) groups is 1. The highest BCUT2D eigenvalue weighted by Gasteiger charge is 2.38. The summed E-state index contributed by atoms with van der Waals surface area (Å²) in [6.45, 7) is 7.51. The van der Waals surface area contributed by atoms with Crippen LogP contribution in [0, 0.1) is 0 Å². The Morgan fingerprint density at radius 3 is 2.53 bits per heavy atom. The van der Waals surface area contributed by atoms with E-state index in [9.17, 15) is 31.1 Å². The number of ether oxygens (including phenoxy) is 2. The van der Waals surface area contributed by atoms with Gasteiger partial charge in [0.25, 0.3) is 5.91 Å². The van der Waals surface area contributed by atoms with Crippen molar-refractivity contribution in [3.63, 3.8) is 0 Å². The van der Waals surface area contributed by atoms with Crippen LogP contribution in [-0.2, 0) is 33.2 Å². The molecule has 5 rings (SSSR count). The van der Waals surface area contributed by atoms with E-state index in [1.165, 1.54) is 22.6 Å². The van der Waals surface area contributed by atoms with Gasteiger partial charge in [0.2, 0.25) is 0 Å². The number of aliphatic imine (C=N–C) groups is 1. The number of amides is 1. The van der Waals surface area contributed by atoms with Gasteiger partial charge in [0, 0.05) is 18.5 Å². The highest BCUT2D eigenvalue weighted by Crippen LogP contribution is 2.38. The number of fused-ring (bicyclic) bond motifs is 1. The zero-order chi connectivity index (χ0) is 31.2. The van der Waals surface area contributed by atoms with Crippen LogP contribution in [0.15, 0.2) is 52.5 Å². The summed E-state index contributed by atoms with van der Waals surface area (Å²) in [6.07, 6.45) is -6.91. The lowest BCUT2D eigenvalue weighted by atomic mass is 10.0. The Hall–Kier alpha value is -3.36. The van der Waals surface area contributed by atoms with Crippen LogP contribution in [0.4, 0.5) is 26.3 Å². The first kappa shape index (κ1) is 31.1. The minimum absolute atomic E-state index is 0.120. The third-order valence-electron chi connectivity index (χ3n) is 6.75. The van der Waals surface area contributed by atoms with Gasteiger partial charge < -0.3 is 14.4 Å². The molecule has 1 aromatic heterocycles. The van der Waals surface area contributed by atoms with Gasteiger partial charge in [-0.05, 0) is 74.0 Å². The van der Waals surface area contributed by atoms with E-state index in [0.717, 1.165) is 6.07 Å². The highest BCUT2D eigenvalue weighted by atomic mass is 32.2. The number of carbonyl (C=O) groups is 1. The van der Waals surface area contributed by atoms with Crippen LogP contribution in [0.3, 0.4) is 0 Å². The van der Waals surface area contributed by atoms with Crippen molar-refractivity contribution in [2.45, 2.75) is 51.4 Å². The Morgan fingerprint density at radius 1 is 1.07 bits per heavy atom. The van der Waals surface area contributed by atoms with Gasteiger partial charge in [-0.15, -0.1) is 0 Å². The van der Waals surface area contributed by atoms with E-state index in [4.69, 9.17) is 9.47 Å². The van der Waals surface area contributed by atoms with Crippen molar-refractivity contribution in [1.82, 2.24) is 14.7 Å². The molecule has 0 spiro atoms. The number of aromatic nitrogens is 2. The van der Waals surface area contributed by atoms with Gasteiger partial charge in [-0.25, -0.2) is 0 Å². The fourth-order valence-electron chi connectivity index (χ4n) is 4.66. The molecule has 1 saturated heterocycles. The summed E-state index contributed by atoms with van der Waals surface area (Å²) in [5.74, 6) is -0.383. The Kier molecular flexibility index (Phi) is 8.40. The number of nitrogens with zero attached hydrogens (tertiary/aromatic N) is 4. The molecule has 7 nitrogen and oxygen atoms in total. The lowest BCUT2D eigenvalue weighted by Gasteiger charge is -2.34. The van der Waals surface area contributed by atoms with Crippen molar-refractivity contribution in [1.29, 1.82) is 0 Å². The number of morpholine rings is 1. The zero-order valence-corrected chi connectivity index (χ0v) is 24.2. The molecule has 230 valence electrons. The maximum atomic E-state index is 13.6. The van der Waals surface area contributed by atoms with Crippen LogP contribution in [-0.4, -0.2) is 63.8 Å². The Bertz CT molecular complexity index is 1590. The van der Waals surface area contributed by atoms with Crippen LogP contribution in [0.5, 0.6) is 0 Å². The number of amidine groups is 1. The largest absolute Gasteiger partial charge is 0.416 e. The van der Waals surface area contributed by atoms with Crippen molar-refractivity contribution in [2.24, 2.45) is 4.99 Å². The monoisotopic (exact) mass is 626 g/mol. The summed E-state index contributed by atoms with van der Waals surface area (Å²) in [4.78, 5) is 19.3. The molecule has 3 aromatic rings. The van der Waals surface area contributed by atoms with Gasteiger partial charge in [0.1, 0.15) is 0 Å². The molecule has 2 aromatic carbocycles. The smallest absolute Gasteiger partial charge is 0.373 e. The van der Waals surface area contributed by atoms with E-state index in [1.54, 1.807) is 24.3 Å². The van der Waals surface area contributed by atoms with Gasteiger partial charge in [0.15, 0.2) is 5.17 Å². The third kappa shape index (κ3) is 7.42. The highest BCUT2D eigenvalue weighted by molar-refractivity contribution is 8.18. The van der Waals surface area contributed by atoms with E-state index in [-0.39, 0.29) is 35.8 Å². The predicted molar refractivity (Wildman–Crippen MR) is 150 cm³/mol. The topological polar surface area (TPSA) is 69.0 Å². The Morgan fingerprint density at radius 2 is 1.84 bits per heavy atom. The molecule has 14 heteroatoms. The third-order valence-corrected chi connectivity index (χ3v) is 7.79.